The van der Waals surface area contributed by atoms with Gasteiger partial charge in [0.15, 0.2) is 0 Å². The summed E-state index contributed by atoms with van der Waals surface area (Å²) >= 11 is 0. The van der Waals surface area contributed by atoms with Crippen molar-refractivity contribution in [1.29, 1.82) is 0 Å². The number of pyridine rings is 1. The summed E-state index contributed by atoms with van der Waals surface area (Å²) in [4.78, 5) is 2.07. The molecule has 1 aliphatic rings. The molecule has 0 unspecified atom stereocenters. The monoisotopic (exact) mass is 230 g/mol. The minimum atomic E-state index is 0.687. The molecule has 1 aromatic heterocycles. The molecule has 0 saturated carbocycles. The molecule has 4 nitrogen and oxygen atoms in total. The zero-order valence-electron chi connectivity index (χ0n) is 9.50. The van der Waals surface area contributed by atoms with Gasteiger partial charge >= 0.3 is 0 Å². The van der Waals surface area contributed by atoms with Crippen molar-refractivity contribution in [2.45, 2.75) is 0 Å². The van der Waals surface area contributed by atoms with Crippen LogP contribution in [0.5, 0.6) is 0 Å². The smallest absolute Gasteiger partial charge is 0.280 e. The topological polar surface area (TPSA) is 39.4 Å². The number of nitrogens with zero attached hydrogens (tertiary/aromatic N) is 2. The average molecular weight is 230 g/mol. The molecule has 0 atom stereocenters. The molecule has 0 aliphatic carbocycles. The highest BCUT2D eigenvalue weighted by Gasteiger charge is 2.20. The van der Waals surface area contributed by atoms with E-state index in [9.17, 15) is 5.21 Å². The van der Waals surface area contributed by atoms with Crippen LogP contribution in [0.1, 0.15) is 0 Å². The lowest BCUT2D eigenvalue weighted by Gasteiger charge is -2.25. The molecule has 2 heterocycles. The van der Waals surface area contributed by atoms with E-state index in [2.05, 4.69) is 4.90 Å². The minimum absolute atomic E-state index is 0.687. The van der Waals surface area contributed by atoms with Crippen LogP contribution in [0, 0.1) is 5.21 Å². The van der Waals surface area contributed by atoms with Crippen molar-refractivity contribution in [2.75, 3.05) is 31.2 Å². The first-order valence-electron chi connectivity index (χ1n) is 5.80. The number of benzene rings is 1. The van der Waals surface area contributed by atoms with Gasteiger partial charge in [0.1, 0.15) is 18.6 Å². The Kier molecular flexibility index (Phi) is 2.57. The van der Waals surface area contributed by atoms with Crippen LogP contribution in [0.3, 0.4) is 0 Å². The van der Waals surface area contributed by atoms with E-state index >= 15 is 0 Å². The summed E-state index contributed by atoms with van der Waals surface area (Å²) in [6, 6.07) is 11.5. The second kappa shape index (κ2) is 4.22. The quantitative estimate of drug-likeness (QED) is 0.547. The van der Waals surface area contributed by atoms with Gasteiger partial charge < -0.3 is 9.94 Å². The number of hydrogen-bond acceptors (Lipinski definition) is 3. The van der Waals surface area contributed by atoms with Crippen LogP contribution in [-0.4, -0.2) is 26.3 Å². The van der Waals surface area contributed by atoms with Gasteiger partial charge in [-0.1, -0.05) is 18.2 Å². The number of aromatic nitrogens is 1. The Morgan fingerprint density at radius 1 is 1.06 bits per heavy atom. The van der Waals surface area contributed by atoms with Crippen molar-refractivity contribution in [3.05, 3.63) is 41.6 Å². The van der Waals surface area contributed by atoms with Crippen molar-refractivity contribution in [1.82, 2.24) is 0 Å². The van der Waals surface area contributed by atoms with Gasteiger partial charge in [0.05, 0.1) is 13.2 Å². The third-order valence-corrected chi connectivity index (χ3v) is 3.11. The maximum Gasteiger partial charge on any atom is 0.280 e. The summed E-state index contributed by atoms with van der Waals surface area (Å²) in [6.45, 7) is 2.93. The van der Waals surface area contributed by atoms with Crippen LogP contribution in [0.2, 0.25) is 0 Å². The maximum absolute atomic E-state index is 12.3. The predicted molar refractivity (Wildman–Crippen MR) is 65.9 cm³/mol. The SMILES string of the molecule is [O-][n+]1c(N2CCOCC2)ccc2ccccc21. The standard InChI is InChI=1S/C13H14N2O2/c16-15-12-4-2-1-3-11(12)5-6-13(15)14-7-9-17-10-8-14/h1-6H,7-10H2. The van der Waals surface area contributed by atoms with Crippen molar-refractivity contribution >= 4 is 16.7 Å². The van der Waals surface area contributed by atoms with Gasteiger partial charge in [0, 0.05) is 11.5 Å². The Morgan fingerprint density at radius 3 is 2.65 bits per heavy atom. The van der Waals surface area contributed by atoms with Crippen LogP contribution in [0.4, 0.5) is 5.82 Å². The molecule has 3 rings (SSSR count). The van der Waals surface area contributed by atoms with E-state index in [4.69, 9.17) is 4.74 Å². The summed E-state index contributed by atoms with van der Waals surface area (Å²) in [5.41, 5.74) is 0.719. The highest BCUT2D eigenvalue weighted by molar-refractivity contribution is 5.76. The van der Waals surface area contributed by atoms with Crippen LogP contribution in [0.25, 0.3) is 10.9 Å². The lowest BCUT2D eigenvalue weighted by molar-refractivity contribution is -0.563. The normalized spacial score (nSPS) is 16.4. The number of morpholine rings is 1. The number of fused-ring (bicyclic) bond motifs is 1. The Bertz CT molecular complexity index is 536. The first kappa shape index (κ1) is 10.4. The van der Waals surface area contributed by atoms with Gasteiger partial charge in [-0.2, -0.15) is 0 Å². The lowest BCUT2D eigenvalue weighted by Crippen LogP contribution is -2.44. The Balaban J connectivity index is 2.07. The number of hydrogen-bond donors (Lipinski definition) is 0. The van der Waals surface area contributed by atoms with Gasteiger partial charge in [-0.3, -0.25) is 4.90 Å². The Morgan fingerprint density at radius 2 is 1.82 bits per heavy atom. The fraction of sp³-hybridized carbons (Fsp3) is 0.308. The van der Waals surface area contributed by atoms with E-state index in [-0.39, 0.29) is 0 Å². The fourth-order valence-corrected chi connectivity index (χ4v) is 2.20. The molecule has 1 fully saturated rings. The molecule has 0 radical (unpaired) electrons. The molecular formula is C13H14N2O2. The van der Waals surface area contributed by atoms with Crippen molar-refractivity contribution in [3.63, 3.8) is 0 Å². The van der Waals surface area contributed by atoms with E-state index in [1.54, 1.807) is 0 Å². The highest BCUT2D eigenvalue weighted by atomic mass is 16.5. The molecule has 0 bridgehead atoms. The molecule has 2 aromatic rings. The Hall–Kier alpha value is -1.81. The van der Waals surface area contributed by atoms with Gasteiger partial charge in [-0.25, -0.2) is 4.73 Å². The zero-order chi connectivity index (χ0) is 11.7. The van der Waals surface area contributed by atoms with Crippen molar-refractivity contribution < 1.29 is 9.47 Å². The fourth-order valence-electron chi connectivity index (χ4n) is 2.20. The van der Waals surface area contributed by atoms with Gasteiger partial charge in [-0.05, 0) is 12.1 Å². The van der Waals surface area contributed by atoms with Gasteiger partial charge in [-0.15, -0.1) is 0 Å². The van der Waals surface area contributed by atoms with Gasteiger partial charge in [0.2, 0.25) is 0 Å². The number of rotatable bonds is 1. The van der Waals surface area contributed by atoms with E-state index < -0.39 is 0 Å². The molecule has 0 spiro atoms. The van der Waals surface area contributed by atoms with E-state index in [0.29, 0.717) is 19.0 Å². The van der Waals surface area contributed by atoms with E-state index in [1.165, 1.54) is 0 Å². The number of ether oxygens (including phenoxy) is 1. The summed E-state index contributed by atoms with van der Waals surface area (Å²) in [7, 11) is 0. The second-order valence-corrected chi connectivity index (χ2v) is 4.14. The lowest BCUT2D eigenvalue weighted by atomic mass is 10.2. The molecule has 1 aromatic carbocycles. The van der Waals surface area contributed by atoms with Crippen molar-refractivity contribution in [2.24, 2.45) is 0 Å². The molecule has 0 N–H and O–H groups in total. The molecule has 0 amide bonds. The van der Waals surface area contributed by atoms with Crippen LogP contribution in [-0.2, 0) is 4.74 Å². The minimum Gasteiger partial charge on any atom is -0.710 e. The molecule has 4 heteroatoms. The maximum atomic E-state index is 12.3. The van der Waals surface area contributed by atoms with Crippen LogP contribution in [0.15, 0.2) is 36.4 Å². The van der Waals surface area contributed by atoms with E-state index in [0.717, 1.165) is 28.7 Å². The Labute approximate surface area is 99.6 Å². The third-order valence-electron chi connectivity index (χ3n) is 3.11. The number of para-hydroxylation sites is 1. The van der Waals surface area contributed by atoms with Crippen LogP contribution < -0.4 is 9.63 Å². The van der Waals surface area contributed by atoms with Gasteiger partial charge in [0.25, 0.3) is 5.82 Å². The zero-order valence-corrected chi connectivity index (χ0v) is 9.50. The second-order valence-electron chi connectivity index (χ2n) is 4.14. The summed E-state index contributed by atoms with van der Waals surface area (Å²) < 4.78 is 6.31. The summed E-state index contributed by atoms with van der Waals surface area (Å²) in [6.07, 6.45) is 0. The third kappa shape index (κ3) is 1.80. The molecule has 1 aliphatic heterocycles. The predicted octanol–water partition coefficient (Wildman–Crippen LogP) is 1.31. The van der Waals surface area contributed by atoms with Crippen molar-refractivity contribution in [3.8, 4) is 0 Å². The first-order chi connectivity index (χ1) is 8.36. The average Bonchev–Trinajstić information content (AvgIpc) is 2.40. The molecule has 1 saturated heterocycles. The summed E-state index contributed by atoms with van der Waals surface area (Å²) in [5.74, 6) is 0.715. The number of anilines is 1. The molecule has 88 valence electrons. The molecule has 17 heavy (non-hydrogen) atoms. The largest absolute Gasteiger partial charge is 0.710 e. The summed E-state index contributed by atoms with van der Waals surface area (Å²) in [5, 5.41) is 13.2. The molecular weight excluding hydrogens is 216 g/mol. The highest BCUT2D eigenvalue weighted by Crippen LogP contribution is 2.16. The van der Waals surface area contributed by atoms with E-state index in [1.807, 2.05) is 36.4 Å². The van der Waals surface area contributed by atoms with Crippen LogP contribution >= 0.6 is 0 Å². The first-order valence-corrected chi connectivity index (χ1v) is 5.80.